The third-order valence-electron chi connectivity index (χ3n) is 4.14. The van der Waals surface area contributed by atoms with Gasteiger partial charge in [0.1, 0.15) is 6.61 Å². The van der Waals surface area contributed by atoms with E-state index >= 15 is 0 Å². The molecule has 0 radical (unpaired) electrons. The highest BCUT2D eigenvalue weighted by atomic mass is 32.2. The predicted octanol–water partition coefficient (Wildman–Crippen LogP) is 3.64. The number of anilines is 1. The van der Waals surface area contributed by atoms with Crippen LogP contribution in [0.4, 0.5) is 18.9 Å². The largest absolute Gasteiger partial charge is 0.546 e. The number of carboxylic acids is 1. The first-order chi connectivity index (χ1) is 15.1. The third kappa shape index (κ3) is 5.40. The van der Waals surface area contributed by atoms with Crippen LogP contribution >= 0.6 is 24.0 Å². The minimum Gasteiger partial charge on any atom is -0.546 e. The van der Waals surface area contributed by atoms with Crippen LogP contribution in [0.5, 0.6) is 11.5 Å². The summed E-state index contributed by atoms with van der Waals surface area (Å²) in [7, 11) is 0. The van der Waals surface area contributed by atoms with Crippen molar-refractivity contribution in [2.75, 3.05) is 18.1 Å². The number of aliphatic carboxylic acids is 1. The van der Waals surface area contributed by atoms with Crippen LogP contribution in [0.3, 0.4) is 0 Å². The number of rotatable bonds is 7. The van der Waals surface area contributed by atoms with Crippen molar-refractivity contribution in [3.05, 3.63) is 58.5 Å². The van der Waals surface area contributed by atoms with Crippen molar-refractivity contribution >= 4 is 51.9 Å². The molecule has 3 rings (SSSR count). The first-order valence-electron chi connectivity index (χ1n) is 9.15. The third-order valence-corrected chi connectivity index (χ3v) is 5.44. The maximum Gasteiger partial charge on any atom is 0.416 e. The van der Waals surface area contributed by atoms with Crippen LogP contribution in [0.2, 0.25) is 0 Å². The van der Waals surface area contributed by atoms with E-state index in [-0.39, 0.29) is 33.0 Å². The molecular weight excluding hydrogens is 467 g/mol. The Balaban J connectivity index is 1.89. The Bertz CT molecular complexity index is 1100. The molecular formula is C21H15F3NO5S2-. The van der Waals surface area contributed by atoms with E-state index in [0.29, 0.717) is 5.56 Å². The van der Waals surface area contributed by atoms with E-state index in [0.717, 1.165) is 28.8 Å². The fourth-order valence-electron chi connectivity index (χ4n) is 2.80. The van der Waals surface area contributed by atoms with Crippen molar-refractivity contribution in [3.63, 3.8) is 0 Å². The standard InChI is InChI=1S/C21H16F3NO5S2/c1-2-29-16-8-12(6-7-15(16)30-11-18(26)27)9-17-19(28)25(20(31)32-17)14-5-3-4-13(10-14)21(22,23)24/h3-10H,2,11H2,1H3,(H,26,27)/p-1/b17-9-. The second-order valence-electron chi connectivity index (χ2n) is 6.37. The van der Waals surface area contributed by atoms with Gasteiger partial charge in [0.25, 0.3) is 5.91 Å². The van der Waals surface area contributed by atoms with Crippen molar-refractivity contribution in [2.24, 2.45) is 0 Å². The lowest BCUT2D eigenvalue weighted by Crippen LogP contribution is -2.29. The minimum atomic E-state index is -4.55. The van der Waals surface area contributed by atoms with Gasteiger partial charge in [0.2, 0.25) is 0 Å². The van der Waals surface area contributed by atoms with Gasteiger partial charge in [-0.05, 0) is 48.9 Å². The zero-order valence-corrected chi connectivity index (χ0v) is 18.1. The summed E-state index contributed by atoms with van der Waals surface area (Å²) in [5, 5.41) is 10.6. The van der Waals surface area contributed by atoms with Gasteiger partial charge in [-0.3, -0.25) is 9.69 Å². The van der Waals surface area contributed by atoms with Crippen LogP contribution in [-0.2, 0) is 15.8 Å². The second kappa shape index (κ2) is 9.61. The number of thioether (sulfide) groups is 1. The Morgan fingerprint density at radius 3 is 2.59 bits per heavy atom. The number of ether oxygens (including phenoxy) is 2. The van der Waals surface area contributed by atoms with Gasteiger partial charge >= 0.3 is 6.18 Å². The lowest BCUT2D eigenvalue weighted by Gasteiger charge is -2.16. The molecule has 32 heavy (non-hydrogen) atoms. The second-order valence-corrected chi connectivity index (χ2v) is 8.04. The maximum absolute atomic E-state index is 13.0. The number of carboxylic acid groups (broad SMARTS) is 1. The number of hydrogen-bond acceptors (Lipinski definition) is 7. The number of halogens is 3. The Morgan fingerprint density at radius 2 is 1.94 bits per heavy atom. The molecule has 1 heterocycles. The average molecular weight is 482 g/mol. The molecule has 1 fully saturated rings. The van der Waals surface area contributed by atoms with E-state index in [4.69, 9.17) is 21.7 Å². The van der Waals surface area contributed by atoms with Gasteiger partial charge in [-0.15, -0.1) is 0 Å². The van der Waals surface area contributed by atoms with Crippen LogP contribution in [0.1, 0.15) is 18.1 Å². The topological polar surface area (TPSA) is 78.9 Å². The van der Waals surface area contributed by atoms with Crippen LogP contribution in [0, 0.1) is 0 Å². The molecule has 0 aliphatic carbocycles. The van der Waals surface area contributed by atoms with Crippen LogP contribution in [0.15, 0.2) is 47.4 Å². The molecule has 0 saturated carbocycles. The highest BCUT2D eigenvalue weighted by Crippen LogP contribution is 2.39. The number of nitrogens with zero attached hydrogens (tertiary/aromatic N) is 1. The highest BCUT2D eigenvalue weighted by Gasteiger charge is 2.36. The summed E-state index contributed by atoms with van der Waals surface area (Å²) >= 11 is 6.17. The van der Waals surface area contributed by atoms with E-state index in [2.05, 4.69) is 0 Å². The first-order valence-corrected chi connectivity index (χ1v) is 10.4. The molecule has 1 amide bonds. The molecule has 0 aromatic heterocycles. The Labute approximate surface area is 190 Å². The molecule has 2 aromatic rings. The lowest BCUT2D eigenvalue weighted by atomic mass is 10.1. The minimum absolute atomic E-state index is 0.0201. The smallest absolute Gasteiger partial charge is 0.416 e. The Hall–Kier alpha value is -3.05. The summed E-state index contributed by atoms with van der Waals surface area (Å²) in [6.45, 7) is 1.35. The number of carbonyl (C=O) groups excluding carboxylic acids is 2. The first kappa shape index (κ1) is 23.6. The predicted molar refractivity (Wildman–Crippen MR) is 115 cm³/mol. The molecule has 1 saturated heterocycles. The summed E-state index contributed by atoms with van der Waals surface area (Å²) < 4.78 is 49.8. The fraction of sp³-hybridized carbons (Fsp3) is 0.190. The van der Waals surface area contributed by atoms with Crippen molar-refractivity contribution in [1.29, 1.82) is 0 Å². The van der Waals surface area contributed by atoms with E-state index in [1.807, 2.05) is 0 Å². The van der Waals surface area contributed by atoms with E-state index < -0.39 is 30.2 Å². The van der Waals surface area contributed by atoms with Crippen molar-refractivity contribution < 1.29 is 37.3 Å². The quantitative estimate of drug-likeness (QED) is 0.440. The molecule has 11 heteroatoms. The number of alkyl halides is 3. The number of amides is 1. The molecule has 2 aromatic carbocycles. The van der Waals surface area contributed by atoms with Gasteiger partial charge in [-0.2, -0.15) is 13.2 Å². The van der Waals surface area contributed by atoms with E-state index in [9.17, 15) is 27.9 Å². The number of thiocarbonyl (C=S) groups is 1. The van der Waals surface area contributed by atoms with Gasteiger partial charge in [0.15, 0.2) is 15.8 Å². The maximum atomic E-state index is 13.0. The summed E-state index contributed by atoms with van der Waals surface area (Å²) in [4.78, 5) is 24.8. The van der Waals surface area contributed by atoms with E-state index in [1.165, 1.54) is 24.3 Å². The summed E-state index contributed by atoms with van der Waals surface area (Å²) in [5.74, 6) is -1.51. The normalized spacial score (nSPS) is 15.4. The van der Waals surface area contributed by atoms with Crippen molar-refractivity contribution in [2.45, 2.75) is 13.1 Å². The molecule has 6 nitrogen and oxygen atoms in total. The lowest BCUT2D eigenvalue weighted by molar-refractivity contribution is -0.307. The molecule has 0 N–H and O–H groups in total. The summed E-state index contributed by atoms with van der Waals surface area (Å²) in [6, 6.07) is 8.96. The summed E-state index contributed by atoms with van der Waals surface area (Å²) in [6.07, 6.45) is -3.04. The monoisotopic (exact) mass is 482 g/mol. The number of hydrogen-bond donors (Lipinski definition) is 0. The molecule has 1 aliphatic rings. The van der Waals surface area contributed by atoms with Gasteiger partial charge in [-0.1, -0.05) is 36.1 Å². The SMILES string of the molecule is CCOc1cc(/C=C2\SC(=S)N(c3cccc(C(F)(F)F)c3)C2=O)ccc1OCC(=O)[O-]. The van der Waals surface area contributed by atoms with Gasteiger partial charge < -0.3 is 19.4 Å². The number of benzene rings is 2. The van der Waals surface area contributed by atoms with Crippen molar-refractivity contribution in [1.82, 2.24) is 0 Å². The van der Waals surface area contributed by atoms with Gasteiger partial charge in [-0.25, -0.2) is 0 Å². The van der Waals surface area contributed by atoms with Crippen LogP contribution in [-0.4, -0.2) is 29.4 Å². The molecule has 0 bridgehead atoms. The molecule has 0 atom stereocenters. The molecule has 1 aliphatic heterocycles. The van der Waals surface area contributed by atoms with Gasteiger partial charge in [0, 0.05) is 0 Å². The molecule has 0 unspecified atom stereocenters. The summed E-state index contributed by atoms with van der Waals surface area (Å²) in [5.41, 5.74) is -0.341. The van der Waals surface area contributed by atoms with Crippen LogP contribution < -0.4 is 19.5 Å². The van der Waals surface area contributed by atoms with E-state index in [1.54, 1.807) is 19.1 Å². The van der Waals surface area contributed by atoms with Crippen LogP contribution in [0.25, 0.3) is 6.08 Å². The molecule has 168 valence electrons. The number of carbonyl (C=O) groups is 2. The Kier molecular flexibility index (Phi) is 7.09. The zero-order valence-electron chi connectivity index (χ0n) is 16.5. The fourth-order valence-corrected chi connectivity index (χ4v) is 4.10. The Morgan fingerprint density at radius 1 is 1.19 bits per heavy atom. The molecule has 0 spiro atoms. The van der Waals surface area contributed by atoms with Gasteiger partial charge in [0.05, 0.1) is 28.7 Å². The highest BCUT2D eigenvalue weighted by molar-refractivity contribution is 8.27. The zero-order chi connectivity index (χ0) is 23.5. The van der Waals surface area contributed by atoms with Crippen molar-refractivity contribution in [3.8, 4) is 11.5 Å². The average Bonchev–Trinajstić information content (AvgIpc) is 3.00.